The first-order chi connectivity index (χ1) is 6.15. The van der Waals surface area contributed by atoms with Crippen molar-refractivity contribution in [1.29, 1.82) is 0 Å². The third kappa shape index (κ3) is 2.27. The second-order valence-corrected chi connectivity index (χ2v) is 2.64. The molecule has 1 aromatic carbocycles. The molecule has 0 saturated carbocycles. The fourth-order valence-electron chi connectivity index (χ4n) is 0.991. The number of methoxy groups -OCH3 is 1. The maximum atomic E-state index is 11.1. The molecule has 4 heteroatoms. The van der Waals surface area contributed by atoms with E-state index in [1.165, 1.54) is 7.11 Å². The molecule has 0 heterocycles. The van der Waals surface area contributed by atoms with Crippen molar-refractivity contribution in [2.45, 2.75) is 6.17 Å². The van der Waals surface area contributed by atoms with Gasteiger partial charge in [-0.3, -0.25) is 0 Å². The highest BCUT2D eigenvalue weighted by molar-refractivity contribution is 5.89. The quantitative estimate of drug-likeness (QED) is 0.509. The van der Waals surface area contributed by atoms with Crippen molar-refractivity contribution in [1.82, 2.24) is 0 Å². The second-order valence-electron chi connectivity index (χ2n) is 2.64. The highest BCUT2D eigenvalue weighted by Gasteiger charge is 2.06. The first kappa shape index (κ1) is 9.70. The lowest BCUT2D eigenvalue weighted by Crippen LogP contribution is -2.20. The van der Waals surface area contributed by atoms with E-state index in [1.807, 2.05) is 0 Å². The minimum atomic E-state index is -0.565. The van der Waals surface area contributed by atoms with Crippen molar-refractivity contribution in [2.24, 2.45) is 11.5 Å². The Morgan fingerprint density at radius 2 is 2.15 bits per heavy atom. The Labute approximate surface area is 76.5 Å². The van der Waals surface area contributed by atoms with Crippen LogP contribution in [0.15, 0.2) is 24.3 Å². The number of carbonyl (C=O) groups excluding carboxylic acids is 1. The van der Waals surface area contributed by atoms with Crippen LogP contribution in [0.2, 0.25) is 0 Å². The van der Waals surface area contributed by atoms with Crippen LogP contribution < -0.4 is 11.5 Å². The number of esters is 1. The van der Waals surface area contributed by atoms with Crippen molar-refractivity contribution < 1.29 is 9.53 Å². The first-order valence-electron chi connectivity index (χ1n) is 3.84. The Hall–Kier alpha value is -1.39. The fourth-order valence-corrected chi connectivity index (χ4v) is 0.991. The summed E-state index contributed by atoms with van der Waals surface area (Å²) in [4.78, 5) is 11.1. The van der Waals surface area contributed by atoms with Gasteiger partial charge in [-0.15, -0.1) is 0 Å². The molecule has 0 amide bonds. The van der Waals surface area contributed by atoms with Crippen molar-refractivity contribution in [3.05, 3.63) is 35.4 Å². The molecule has 70 valence electrons. The Kier molecular flexibility index (Phi) is 3.00. The van der Waals surface area contributed by atoms with Gasteiger partial charge in [-0.1, -0.05) is 12.1 Å². The summed E-state index contributed by atoms with van der Waals surface area (Å²) in [6.07, 6.45) is -0.565. The molecule has 1 aromatic rings. The molecule has 4 N–H and O–H groups in total. The SMILES string of the molecule is COC(=O)c1cccc(C(N)N)c1. The molecule has 0 radical (unpaired) electrons. The summed E-state index contributed by atoms with van der Waals surface area (Å²) in [7, 11) is 1.33. The van der Waals surface area contributed by atoms with Gasteiger partial charge in [-0.25, -0.2) is 4.79 Å². The summed E-state index contributed by atoms with van der Waals surface area (Å²) >= 11 is 0. The van der Waals surface area contributed by atoms with Gasteiger partial charge in [0.25, 0.3) is 0 Å². The van der Waals surface area contributed by atoms with Crippen molar-refractivity contribution in [3.8, 4) is 0 Å². The van der Waals surface area contributed by atoms with Crippen LogP contribution in [0.5, 0.6) is 0 Å². The standard InChI is InChI=1S/C9H12N2O2/c1-13-9(12)7-4-2-3-6(5-7)8(10)11/h2-5,8H,10-11H2,1H3. The Morgan fingerprint density at radius 3 is 2.69 bits per heavy atom. The van der Waals surface area contributed by atoms with Crippen LogP contribution in [0.1, 0.15) is 22.1 Å². The summed E-state index contributed by atoms with van der Waals surface area (Å²) in [6.45, 7) is 0. The highest BCUT2D eigenvalue weighted by atomic mass is 16.5. The van der Waals surface area contributed by atoms with Crippen LogP contribution in [-0.2, 0) is 4.74 Å². The molecule has 0 unspecified atom stereocenters. The summed E-state index contributed by atoms with van der Waals surface area (Å²) in [5.74, 6) is -0.387. The average molecular weight is 180 g/mol. The number of hydrogen-bond donors (Lipinski definition) is 2. The van der Waals surface area contributed by atoms with Gasteiger partial charge in [0.15, 0.2) is 0 Å². The van der Waals surface area contributed by atoms with Gasteiger partial charge in [-0.2, -0.15) is 0 Å². The van der Waals surface area contributed by atoms with E-state index in [0.717, 1.165) is 0 Å². The fraction of sp³-hybridized carbons (Fsp3) is 0.222. The van der Waals surface area contributed by atoms with Gasteiger partial charge in [0.05, 0.1) is 18.8 Å². The number of rotatable bonds is 2. The number of carbonyl (C=O) groups is 1. The van der Waals surface area contributed by atoms with Crippen LogP contribution in [0.3, 0.4) is 0 Å². The molecule has 1 rings (SSSR count). The van der Waals surface area contributed by atoms with Gasteiger partial charge < -0.3 is 16.2 Å². The maximum absolute atomic E-state index is 11.1. The molecule has 0 atom stereocenters. The third-order valence-corrected chi connectivity index (χ3v) is 1.69. The Bertz CT molecular complexity index is 310. The molecule has 4 nitrogen and oxygen atoms in total. The topological polar surface area (TPSA) is 78.3 Å². The number of nitrogens with two attached hydrogens (primary N) is 2. The monoisotopic (exact) mass is 180 g/mol. The van der Waals surface area contributed by atoms with Crippen LogP contribution in [0.25, 0.3) is 0 Å². The molecular formula is C9H12N2O2. The van der Waals surface area contributed by atoms with E-state index >= 15 is 0 Å². The van der Waals surface area contributed by atoms with Gasteiger partial charge in [0.1, 0.15) is 0 Å². The summed E-state index contributed by atoms with van der Waals surface area (Å²) in [5.41, 5.74) is 12.1. The van der Waals surface area contributed by atoms with Gasteiger partial charge in [0.2, 0.25) is 0 Å². The molecule has 0 fully saturated rings. The maximum Gasteiger partial charge on any atom is 0.337 e. The van der Waals surface area contributed by atoms with E-state index in [2.05, 4.69) is 4.74 Å². The van der Waals surface area contributed by atoms with Crippen molar-refractivity contribution >= 4 is 5.97 Å². The molecule has 13 heavy (non-hydrogen) atoms. The van der Waals surface area contributed by atoms with E-state index < -0.39 is 6.17 Å². The molecule has 0 aromatic heterocycles. The molecule has 0 aliphatic carbocycles. The summed E-state index contributed by atoms with van der Waals surface area (Å²) in [5, 5.41) is 0. The summed E-state index contributed by atoms with van der Waals surface area (Å²) in [6, 6.07) is 6.75. The largest absolute Gasteiger partial charge is 0.465 e. The average Bonchev–Trinajstić information content (AvgIpc) is 2.17. The number of benzene rings is 1. The number of hydrogen-bond acceptors (Lipinski definition) is 4. The second kappa shape index (κ2) is 4.02. The number of ether oxygens (including phenoxy) is 1. The van der Waals surface area contributed by atoms with Crippen LogP contribution in [0, 0.1) is 0 Å². The smallest absolute Gasteiger partial charge is 0.337 e. The van der Waals surface area contributed by atoms with Crippen LogP contribution in [-0.4, -0.2) is 13.1 Å². The van der Waals surface area contributed by atoms with Crippen LogP contribution >= 0.6 is 0 Å². The van der Waals surface area contributed by atoms with Crippen molar-refractivity contribution in [3.63, 3.8) is 0 Å². The zero-order valence-electron chi connectivity index (χ0n) is 7.36. The molecule has 0 bridgehead atoms. The van der Waals surface area contributed by atoms with E-state index in [0.29, 0.717) is 11.1 Å². The summed E-state index contributed by atoms with van der Waals surface area (Å²) < 4.78 is 4.55. The molecule has 0 saturated heterocycles. The zero-order valence-corrected chi connectivity index (χ0v) is 7.36. The van der Waals surface area contributed by atoms with Crippen molar-refractivity contribution in [2.75, 3.05) is 7.11 Å². The van der Waals surface area contributed by atoms with Gasteiger partial charge >= 0.3 is 5.97 Å². The zero-order chi connectivity index (χ0) is 9.84. The molecule has 0 aliphatic heterocycles. The van der Waals surface area contributed by atoms with Gasteiger partial charge in [-0.05, 0) is 17.7 Å². The lowest BCUT2D eigenvalue weighted by Gasteiger charge is -2.06. The normalized spacial score (nSPS) is 10.2. The predicted octanol–water partition coefficient (Wildman–Crippen LogP) is 0.389. The van der Waals surface area contributed by atoms with E-state index in [4.69, 9.17) is 11.5 Å². The Balaban J connectivity index is 2.98. The minimum Gasteiger partial charge on any atom is -0.465 e. The molecule has 0 spiro atoms. The van der Waals surface area contributed by atoms with Gasteiger partial charge in [0, 0.05) is 0 Å². The van der Waals surface area contributed by atoms with Crippen LogP contribution in [0.4, 0.5) is 0 Å². The lowest BCUT2D eigenvalue weighted by molar-refractivity contribution is 0.0600. The molecular weight excluding hydrogens is 168 g/mol. The first-order valence-corrected chi connectivity index (χ1v) is 3.84. The van der Waals surface area contributed by atoms with E-state index in [9.17, 15) is 4.79 Å². The minimum absolute atomic E-state index is 0.387. The Morgan fingerprint density at radius 1 is 1.46 bits per heavy atom. The highest BCUT2D eigenvalue weighted by Crippen LogP contribution is 2.09. The third-order valence-electron chi connectivity index (χ3n) is 1.69. The lowest BCUT2D eigenvalue weighted by atomic mass is 10.1. The van der Waals surface area contributed by atoms with E-state index in [1.54, 1.807) is 24.3 Å². The predicted molar refractivity (Wildman–Crippen MR) is 48.9 cm³/mol. The van der Waals surface area contributed by atoms with E-state index in [-0.39, 0.29) is 5.97 Å². The molecule has 0 aliphatic rings.